The fraction of sp³-hybridized carbons (Fsp3) is 0.227. The maximum atomic E-state index is 13.1. The smallest absolute Gasteiger partial charge is 0.416 e. The third-order valence-corrected chi connectivity index (χ3v) is 4.96. The van der Waals surface area contributed by atoms with Gasteiger partial charge < -0.3 is 20.2 Å². The normalized spacial score (nSPS) is 12.9. The molecule has 0 bridgehead atoms. The highest BCUT2D eigenvalue weighted by Gasteiger charge is 2.37. The van der Waals surface area contributed by atoms with Gasteiger partial charge in [0, 0.05) is 29.5 Å². The second kappa shape index (κ2) is 9.31. The number of halogens is 6. The molecular weight excluding hydrogens is 486 g/mol. The summed E-state index contributed by atoms with van der Waals surface area (Å²) in [6, 6.07) is 4.15. The highest BCUT2D eigenvalue weighted by atomic mass is 19.4. The van der Waals surface area contributed by atoms with Gasteiger partial charge in [-0.3, -0.25) is 9.59 Å². The number of benzene rings is 2. The van der Waals surface area contributed by atoms with Gasteiger partial charge in [0.2, 0.25) is 5.91 Å². The molecule has 7 nitrogen and oxygen atoms in total. The van der Waals surface area contributed by atoms with Gasteiger partial charge in [0.25, 0.3) is 5.91 Å². The SMILES string of the molecule is COc1ccc2c(C[C@@H](NC(=O)c3cc(C(F)(F)F)cc(C(F)(F)F)c3)C(N)=O)cc(=O)oc2c1. The number of nitrogens with two attached hydrogens (primary N) is 1. The zero-order valence-electron chi connectivity index (χ0n) is 17.7. The summed E-state index contributed by atoms with van der Waals surface area (Å²) in [7, 11) is 1.37. The molecular formula is C22H16F6N2O5. The molecule has 1 atom stereocenters. The molecule has 0 aliphatic rings. The van der Waals surface area contributed by atoms with Crippen LogP contribution in [0.15, 0.2) is 51.7 Å². The van der Waals surface area contributed by atoms with Gasteiger partial charge in [-0.05, 0) is 35.9 Å². The summed E-state index contributed by atoms with van der Waals surface area (Å²) in [5.41, 5.74) is 0.360. The van der Waals surface area contributed by atoms with Gasteiger partial charge in [0.15, 0.2) is 0 Å². The Morgan fingerprint density at radius 1 is 1.00 bits per heavy atom. The molecule has 3 N–H and O–H groups in total. The lowest BCUT2D eigenvalue weighted by Crippen LogP contribution is -2.46. The van der Waals surface area contributed by atoms with E-state index >= 15 is 0 Å². The second-order valence-electron chi connectivity index (χ2n) is 7.38. The number of hydrogen-bond acceptors (Lipinski definition) is 5. The van der Waals surface area contributed by atoms with Crippen molar-refractivity contribution in [2.75, 3.05) is 7.11 Å². The lowest BCUT2D eigenvalue weighted by Gasteiger charge is -2.18. The van der Waals surface area contributed by atoms with E-state index in [4.69, 9.17) is 14.9 Å². The van der Waals surface area contributed by atoms with E-state index in [9.17, 15) is 40.7 Å². The quantitative estimate of drug-likeness (QED) is 0.395. The van der Waals surface area contributed by atoms with E-state index in [1.54, 1.807) is 0 Å². The number of nitrogens with one attached hydrogen (secondary N) is 1. The number of fused-ring (bicyclic) bond motifs is 1. The van der Waals surface area contributed by atoms with Gasteiger partial charge in [0.05, 0.1) is 18.2 Å². The first kappa shape index (κ1) is 25.6. The van der Waals surface area contributed by atoms with Crippen molar-refractivity contribution >= 4 is 22.8 Å². The van der Waals surface area contributed by atoms with Gasteiger partial charge in [-0.2, -0.15) is 26.3 Å². The number of primary amides is 1. The molecule has 0 spiro atoms. The molecule has 0 unspecified atom stereocenters. The standard InChI is InChI=1S/C22H16F6N2O5/c1-34-14-2-3-15-10(7-18(31)35-17(15)9-14)6-16(19(29)32)30-20(33)11-4-12(21(23,24)25)8-13(5-11)22(26,27)28/h2-5,7-9,16H,6H2,1H3,(H2,29,32)(H,30,33)/t16-/m1/s1. The number of amides is 2. The lowest BCUT2D eigenvalue weighted by molar-refractivity contribution is -0.143. The molecule has 0 saturated heterocycles. The van der Waals surface area contributed by atoms with E-state index in [1.165, 1.54) is 25.3 Å². The molecule has 0 saturated carbocycles. The highest BCUT2D eigenvalue weighted by molar-refractivity contribution is 5.98. The van der Waals surface area contributed by atoms with Crippen LogP contribution in [-0.2, 0) is 23.6 Å². The highest BCUT2D eigenvalue weighted by Crippen LogP contribution is 2.36. The van der Waals surface area contributed by atoms with Gasteiger partial charge >= 0.3 is 18.0 Å². The number of hydrogen-bond donors (Lipinski definition) is 2. The van der Waals surface area contributed by atoms with E-state index in [0.29, 0.717) is 11.1 Å². The Balaban J connectivity index is 1.97. The Hall–Kier alpha value is -4.03. The molecule has 35 heavy (non-hydrogen) atoms. The van der Waals surface area contributed by atoms with E-state index in [2.05, 4.69) is 0 Å². The van der Waals surface area contributed by atoms with Gasteiger partial charge in [-0.25, -0.2) is 4.79 Å². The van der Waals surface area contributed by atoms with Crippen molar-refractivity contribution < 1.29 is 45.1 Å². The predicted octanol–water partition coefficient (Wildman–Crippen LogP) is 3.67. The van der Waals surface area contributed by atoms with Crippen LogP contribution in [0.5, 0.6) is 5.75 Å². The van der Waals surface area contributed by atoms with Gasteiger partial charge in [-0.15, -0.1) is 0 Å². The van der Waals surface area contributed by atoms with Gasteiger partial charge in [0.1, 0.15) is 17.4 Å². The van der Waals surface area contributed by atoms with Crippen molar-refractivity contribution in [2.45, 2.75) is 24.8 Å². The molecule has 2 aromatic carbocycles. The second-order valence-corrected chi connectivity index (χ2v) is 7.38. The minimum Gasteiger partial charge on any atom is -0.497 e. The summed E-state index contributed by atoms with van der Waals surface area (Å²) in [4.78, 5) is 36.5. The molecule has 1 aromatic heterocycles. The molecule has 0 fully saturated rings. The Labute approximate surface area is 192 Å². The largest absolute Gasteiger partial charge is 0.497 e. The predicted molar refractivity (Wildman–Crippen MR) is 110 cm³/mol. The van der Waals surface area contributed by atoms with Crippen LogP contribution in [0.3, 0.4) is 0 Å². The first-order valence-electron chi connectivity index (χ1n) is 9.69. The molecule has 3 aromatic rings. The van der Waals surface area contributed by atoms with Crippen molar-refractivity contribution in [3.8, 4) is 5.75 Å². The number of carbonyl (C=O) groups excluding carboxylic acids is 2. The third-order valence-electron chi connectivity index (χ3n) is 4.96. The molecule has 0 aliphatic heterocycles. The fourth-order valence-electron chi connectivity index (χ4n) is 3.28. The number of alkyl halides is 6. The van der Waals surface area contributed by atoms with Crippen LogP contribution in [0.2, 0.25) is 0 Å². The summed E-state index contributed by atoms with van der Waals surface area (Å²) in [5, 5.41) is 2.38. The van der Waals surface area contributed by atoms with Crippen molar-refractivity contribution in [1.29, 1.82) is 0 Å². The maximum absolute atomic E-state index is 13.1. The number of ether oxygens (including phenoxy) is 1. The average molecular weight is 502 g/mol. The average Bonchev–Trinajstić information content (AvgIpc) is 2.76. The summed E-state index contributed by atoms with van der Waals surface area (Å²) >= 11 is 0. The number of rotatable bonds is 6. The summed E-state index contributed by atoms with van der Waals surface area (Å²) in [5.74, 6) is -2.20. The van der Waals surface area contributed by atoms with Crippen molar-refractivity contribution in [3.63, 3.8) is 0 Å². The van der Waals surface area contributed by atoms with E-state index in [-0.39, 0.29) is 29.3 Å². The monoisotopic (exact) mass is 502 g/mol. The Morgan fingerprint density at radius 3 is 2.11 bits per heavy atom. The van der Waals surface area contributed by atoms with E-state index in [0.717, 1.165) is 6.07 Å². The van der Waals surface area contributed by atoms with Crippen LogP contribution in [0.4, 0.5) is 26.3 Å². The summed E-state index contributed by atoms with van der Waals surface area (Å²) in [6.45, 7) is 0. The van der Waals surface area contributed by atoms with Crippen LogP contribution >= 0.6 is 0 Å². The summed E-state index contributed by atoms with van der Waals surface area (Å²) in [6.07, 6.45) is -10.7. The molecule has 13 heteroatoms. The van der Waals surface area contributed by atoms with E-state index < -0.39 is 58.9 Å². The lowest BCUT2D eigenvalue weighted by atomic mass is 10.0. The minimum atomic E-state index is -5.17. The minimum absolute atomic E-state index is 0.0779. The molecule has 1 heterocycles. The van der Waals surface area contributed by atoms with Crippen molar-refractivity contribution in [2.24, 2.45) is 5.73 Å². The molecule has 2 amide bonds. The number of methoxy groups -OCH3 is 1. The van der Waals surface area contributed by atoms with Crippen molar-refractivity contribution in [3.05, 3.63) is 75.1 Å². The molecule has 186 valence electrons. The molecule has 3 rings (SSSR count). The Bertz CT molecular complexity index is 1310. The molecule has 0 aliphatic carbocycles. The Kier molecular flexibility index (Phi) is 6.81. The molecule has 0 radical (unpaired) electrons. The van der Waals surface area contributed by atoms with Crippen LogP contribution in [-0.4, -0.2) is 25.0 Å². The third kappa shape index (κ3) is 5.91. The number of carbonyl (C=O) groups is 2. The first-order chi connectivity index (χ1) is 16.2. The van der Waals surface area contributed by atoms with Crippen molar-refractivity contribution in [1.82, 2.24) is 5.32 Å². The zero-order valence-corrected chi connectivity index (χ0v) is 17.7. The van der Waals surface area contributed by atoms with Gasteiger partial charge in [-0.1, -0.05) is 0 Å². The fourth-order valence-corrected chi connectivity index (χ4v) is 3.28. The summed E-state index contributed by atoms with van der Waals surface area (Å²) < 4.78 is 88.7. The maximum Gasteiger partial charge on any atom is 0.416 e. The van der Waals surface area contributed by atoms with Crippen LogP contribution in [0.25, 0.3) is 11.0 Å². The van der Waals surface area contributed by atoms with E-state index in [1.807, 2.05) is 5.32 Å². The van der Waals surface area contributed by atoms with Crippen LogP contribution < -0.4 is 21.4 Å². The van der Waals surface area contributed by atoms with Crippen LogP contribution in [0.1, 0.15) is 27.0 Å². The first-order valence-corrected chi connectivity index (χ1v) is 9.69. The van der Waals surface area contributed by atoms with Crippen LogP contribution in [0, 0.1) is 0 Å². The Morgan fingerprint density at radius 2 is 1.60 bits per heavy atom. The topological polar surface area (TPSA) is 112 Å². The zero-order chi connectivity index (χ0) is 26.1.